The number of methoxy groups -OCH3 is 3. The molecule has 0 radical (unpaired) electrons. The van der Waals surface area contributed by atoms with E-state index in [-0.39, 0.29) is 11.4 Å². The number of hydrogen-bond donors (Lipinski definition) is 1. The van der Waals surface area contributed by atoms with Crippen molar-refractivity contribution in [1.29, 1.82) is 0 Å². The van der Waals surface area contributed by atoms with Gasteiger partial charge in [-0.3, -0.25) is 0 Å². The molecule has 0 bridgehead atoms. The summed E-state index contributed by atoms with van der Waals surface area (Å²) in [6.45, 7) is 2.34. The van der Waals surface area contributed by atoms with Gasteiger partial charge >= 0.3 is 0 Å². The van der Waals surface area contributed by atoms with Gasteiger partial charge in [0.25, 0.3) is 0 Å². The molecule has 160 valence electrons. The van der Waals surface area contributed by atoms with Gasteiger partial charge < -0.3 is 19.2 Å². The predicted molar refractivity (Wildman–Crippen MR) is 116 cm³/mol. The van der Waals surface area contributed by atoms with Crippen LogP contribution in [-0.2, 0) is 16.6 Å². The Kier molecular flexibility index (Phi) is 6.69. The quantitative estimate of drug-likeness (QED) is 0.557. The molecule has 3 rings (SSSR count). The molecule has 1 N–H and O–H groups in total. The Bertz CT molecular complexity index is 1090. The maximum absolute atomic E-state index is 13.4. The topological polar surface area (TPSA) is 80.9 Å². The van der Waals surface area contributed by atoms with E-state index < -0.39 is 10.0 Å². The molecule has 8 heteroatoms. The van der Waals surface area contributed by atoms with E-state index in [0.717, 1.165) is 11.3 Å². The number of hydrogen-bond acceptors (Lipinski definition) is 5. The third-order valence-electron chi connectivity index (χ3n) is 4.86. The van der Waals surface area contributed by atoms with Crippen LogP contribution in [0.25, 0.3) is 11.3 Å². The Morgan fingerprint density at radius 1 is 0.900 bits per heavy atom. The van der Waals surface area contributed by atoms with Gasteiger partial charge in [-0.25, -0.2) is 8.42 Å². The van der Waals surface area contributed by atoms with Crippen LogP contribution in [0.5, 0.6) is 17.2 Å². The van der Waals surface area contributed by atoms with Crippen molar-refractivity contribution in [2.24, 2.45) is 0 Å². The second-order valence-electron chi connectivity index (χ2n) is 6.57. The summed E-state index contributed by atoms with van der Waals surface area (Å²) in [4.78, 5) is 3.30. The number of H-pyrrole nitrogens is 1. The average Bonchev–Trinajstić information content (AvgIpc) is 3.31. The van der Waals surface area contributed by atoms with Gasteiger partial charge in [0.05, 0.1) is 26.2 Å². The molecular weight excluding hydrogens is 404 g/mol. The maximum Gasteiger partial charge on any atom is 0.243 e. The molecule has 3 aromatic rings. The first-order valence-electron chi connectivity index (χ1n) is 9.47. The van der Waals surface area contributed by atoms with E-state index in [2.05, 4.69) is 4.98 Å². The summed E-state index contributed by atoms with van der Waals surface area (Å²) >= 11 is 0. The lowest BCUT2D eigenvalue weighted by molar-refractivity contribution is 0.353. The van der Waals surface area contributed by atoms with Crippen LogP contribution in [0.1, 0.15) is 12.5 Å². The van der Waals surface area contributed by atoms with Crippen LogP contribution in [0.15, 0.2) is 59.6 Å². The molecule has 30 heavy (non-hydrogen) atoms. The zero-order chi connectivity index (χ0) is 21.7. The van der Waals surface area contributed by atoms with Crippen molar-refractivity contribution in [2.45, 2.75) is 18.4 Å². The Balaban J connectivity index is 1.96. The Hall–Kier alpha value is -2.97. The normalized spacial score (nSPS) is 11.5. The highest BCUT2D eigenvalue weighted by atomic mass is 32.2. The number of nitrogens with one attached hydrogen (secondary N) is 1. The van der Waals surface area contributed by atoms with Gasteiger partial charge in [-0.1, -0.05) is 13.0 Å². The van der Waals surface area contributed by atoms with Crippen LogP contribution in [0, 0.1) is 0 Å². The summed E-state index contributed by atoms with van der Waals surface area (Å²) in [5.74, 6) is 1.75. The van der Waals surface area contributed by atoms with Crippen LogP contribution >= 0.6 is 0 Å². The fraction of sp³-hybridized carbons (Fsp3) is 0.273. The largest absolute Gasteiger partial charge is 0.496 e. The lowest BCUT2D eigenvalue weighted by Crippen LogP contribution is -2.30. The standard InChI is InChI=1S/C22H26N2O5S/c1-5-24(15-16-8-10-21(28-3)22(13-16)29-4)30(25,26)17-9-11-20(27-2)18(14-17)19-7-6-12-23-19/h6-14,23H,5,15H2,1-4H3. The third-order valence-corrected chi connectivity index (χ3v) is 6.77. The summed E-state index contributed by atoms with van der Waals surface area (Å²) in [7, 11) is 0.942. The molecule has 0 unspecified atom stereocenters. The summed E-state index contributed by atoms with van der Waals surface area (Å²) in [5, 5.41) is 0. The fourth-order valence-corrected chi connectivity index (χ4v) is 4.72. The number of sulfonamides is 1. The maximum atomic E-state index is 13.4. The molecule has 0 spiro atoms. The summed E-state index contributed by atoms with van der Waals surface area (Å²) in [6, 6.07) is 14.0. The molecule has 0 fully saturated rings. The van der Waals surface area contributed by atoms with Crippen molar-refractivity contribution < 1.29 is 22.6 Å². The van der Waals surface area contributed by atoms with E-state index in [9.17, 15) is 8.42 Å². The molecule has 0 amide bonds. The second kappa shape index (κ2) is 9.23. The fourth-order valence-electron chi connectivity index (χ4n) is 3.25. The SMILES string of the molecule is CCN(Cc1ccc(OC)c(OC)c1)S(=O)(=O)c1ccc(OC)c(-c2ccc[nH]2)c1. The first-order valence-corrected chi connectivity index (χ1v) is 10.9. The highest BCUT2D eigenvalue weighted by molar-refractivity contribution is 7.89. The lowest BCUT2D eigenvalue weighted by Gasteiger charge is -2.22. The van der Waals surface area contributed by atoms with Crippen LogP contribution in [-0.4, -0.2) is 45.6 Å². The monoisotopic (exact) mass is 430 g/mol. The number of nitrogens with zero attached hydrogens (tertiary/aromatic N) is 1. The minimum absolute atomic E-state index is 0.204. The van der Waals surface area contributed by atoms with Gasteiger partial charge in [0.2, 0.25) is 10.0 Å². The highest BCUT2D eigenvalue weighted by Crippen LogP contribution is 2.33. The van der Waals surface area contributed by atoms with Crippen molar-refractivity contribution in [1.82, 2.24) is 9.29 Å². The van der Waals surface area contributed by atoms with Crippen LogP contribution in [0.2, 0.25) is 0 Å². The van der Waals surface area contributed by atoms with Gasteiger partial charge in [0.1, 0.15) is 5.75 Å². The number of aromatic nitrogens is 1. The lowest BCUT2D eigenvalue weighted by atomic mass is 10.1. The van der Waals surface area contributed by atoms with Crippen LogP contribution in [0.3, 0.4) is 0 Å². The van der Waals surface area contributed by atoms with E-state index in [1.165, 1.54) is 4.31 Å². The Labute approximate surface area is 177 Å². The molecule has 0 aliphatic heterocycles. The Morgan fingerprint density at radius 3 is 2.20 bits per heavy atom. The van der Waals surface area contributed by atoms with Crippen molar-refractivity contribution in [3.8, 4) is 28.5 Å². The molecule has 0 saturated carbocycles. The molecule has 7 nitrogen and oxygen atoms in total. The number of ether oxygens (including phenoxy) is 3. The van der Waals surface area contributed by atoms with E-state index >= 15 is 0 Å². The van der Waals surface area contributed by atoms with Crippen molar-refractivity contribution in [3.05, 3.63) is 60.3 Å². The molecular formula is C22H26N2O5S. The molecule has 0 saturated heterocycles. The minimum atomic E-state index is -3.73. The smallest absolute Gasteiger partial charge is 0.243 e. The van der Waals surface area contributed by atoms with Gasteiger partial charge in [-0.2, -0.15) is 4.31 Å². The van der Waals surface area contributed by atoms with E-state index in [4.69, 9.17) is 14.2 Å². The third kappa shape index (κ3) is 4.29. The second-order valence-corrected chi connectivity index (χ2v) is 8.50. The predicted octanol–water partition coefficient (Wildman–Crippen LogP) is 3.92. The van der Waals surface area contributed by atoms with E-state index in [1.54, 1.807) is 57.9 Å². The van der Waals surface area contributed by atoms with Gasteiger partial charge in [0, 0.05) is 30.5 Å². The van der Waals surface area contributed by atoms with E-state index in [1.807, 2.05) is 25.1 Å². The zero-order valence-corrected chi connectivity index (χ0v) is 18.3. The van der Waals surface area contributed by atoms with Gasteiger partial charge in [-0.05, 0) is 48.0 Å². The highest BCUT2D eigenvalue weighted by Gasteiger charge is 2.25. The van der Waals surface area contributed by atoms with Gasteiger partial charge in [-0.15, -0.1) is 0 Å². The first kappa shape index (κ1) is 21.7. The average molecular weight is 431 g/mol. The Morgan fingerprint density at radius 2 is 1.60 bits per heavy atom. The number of benzene rings is 2. The van der Waals surface area contributed by atoms with Crippen molar-refractivity contribution in [3.63, 3.8) is 0 Å². The van der Waals surface area contributed by atoms with Crippen LogP contribution in [0.4, 0.5) is 0 Å². The minimum Gasteiger partial charge on any atom is -0.496 e. The molecule has 2 aromatic carbocycles. The van der Waals surface area contributed by atoms with Crippen molar-refractivity contribution in [2.75, 3.05) is 27.9 Å². The molecule has 0 atom stereocenters. The zero-order valence-electron chi connectivity index (χ0n) is 17.5. The summed E-state index contributed by atoms with van der Waals surface area (Å²) < 4.78 is 44.2. The summed E-state index contributed by atoms with van der Waals surface area (Å²) in [5.41, 5.74) is 2.27. The summed E-state index contributed by atoms with van der Waals surface area (Å²) in [6.07, 6.45) is 1.78. The number of rotatable bonds is 9. The number of aromatic amines is 1. The van der Waals surface area contributed by atoms with E-state index in [0.29, 0.717) is 29.4 Å². The molecule has 0 aliphatic rings. The molecule has 1 heterocycles. The molecule has 0 aliphatic carbocycles. The van der Waals surface area contributed by atoms with Gasteiger partial charge in [0.15, 0.2) is 11.5 Å². The molecule has 1 aromatic heterocycles. The van der Waals surface area contributed by atoms with Crippen molar-refractivity contribution >= 4 is 10.0 Å². The van der Waals surface area contributed by atoms with Crippen LogP contribution < -0.4 is 14.2 Å². The first-order chi connectivity index (χ1) is 14.4.